The molecule has 0 aromatic carbocycles. The summed E-state index contributed by atoms with van der Waals surface area (Å²) in [5, 5.41) is 9.73. The molecule has 0 aliphatic heterocycles. The zero-order valence-corrected chi connectivity index (χ0v) is 11.9. The number of rotatable bonds is 4. The van der Waals surface area contributed by atoms with Crippen molar-refractivity contribution < 1.29 is 5.11 Å². The third kappa shape index (κ3) is 10.7. The first-order valence-corrected chi connectivity index (χ1v) is 7.03. The summed E-state index contributed by atoms with van der Waals surface area (Å²) in [6.45, 7) is 13.1. The number of hydrogen-bond acceptors (Lipinski definition) is 3. The molecule has 3 heteroatoms. The number of aliphatic hydroxyl groups excluding tert-OH is 1. The van der Waals surface area contributed by atoms with Crippen LogP contribution in [-0.4, -0.2) is 32.2 Å². The Morgan fingerprint density at radius 1 is 0.857 bits per heavy atom. The first-order valence-electron chi connectivity index (χ1n) is 5.06. The average Bonchev–Trinajstić information content (AvgIpc) is 1.94. The van der Waals surface area contributed by atoms with Crippen molar-refractivity contribution in [1.82, 2.24) is 0 Å². The maximum Gasteiger partial charge on any atom is 0.0721 e. The molecule has 0 heterocycles. The van der Waals surface area contributed by atoms with Crippen LogP contribution in [0.5, 0.6) is 0 Å². The van der Waals surface area contributed by atoms with Gasteiger partial charge in [0.1, 0.15) is 0 Å². The van der Waals surface area contributed by atoms with E-state index < -0.39 is 0 Å². The minimum absolute atomic E-state index is 0.177. The van der Waals surface area contributed by atoms with Gasteiger partial charge in [-0.1, -0.05) is 41.5 Å². The Hall–Kier alpha value is 0.660. The van der Waals surface area contributed by atoms with Crippen LogP contribution in [0.4, 0.5) is 0 Å². The summed E-state index contributed by atoms with van der Waals surface area (Å²) in [5.41, 5.74) is 0. The van der Waals surface area contributed by atoms with Crippen LogP contribution in [0.2, 0.25) is 0 Å². The fraction of sp³-hybridized carbons (Fsp3) is 1.00. The molecule has 0 aliphatic rings. The highest BCUT2D eigenvalue weighted by molar-refractivity contribution is 8.01. The van der Waals surface area contributed by atoms with Crippen LogP contribution in [-0.2, 0) is 0 Å². The zero-order valence-electron chi connectivity index (χ0n) is 10.3. The lowest BCUT2D eigenvalue weighted by Crippen LogP contribution is -2.21. The largest absolute Gasteiger partial charge is 0.391 e. The first-order chi connectivity index (χ1) is 6.10. The molecular formula is C11H24OS2. The van der Waals surface area contributed by atoms with Crippen molar-refractivity contribution in [1.29, 1.82) is 0 Å². The maximum atomic E-state index is 9.73. The highest BCUT2D eigenvalue weighted by atomic mass is 32.2. The summed E-state index contributed by atoms with van der Waals surface area (Å²) in [7, 11) is 0. The zero-order chi connectivity index (χ0) is 11.4. The van der Waals surface area contributed by atoms with Gasteiger partial charge in [0, 0.05) is 21.0 Å². The summed E-state index contributed by atoms with van der Waals surface area (Å²) >= 11 is 3.66. The van der Waals surface area contributed by atoms with Crippen LogP contribution in [0.3, 0.4) is 0 Å². The van der Waals surface area contributed by atoms with E-state index >= 15 is 0 Å². The molecule has 0 amide bonds. The van der Waals surface area contributed by atoms with Gasteiger partial charge in [-0.05, 0) is 0 Å². The van der Waals surface area contributed by atoms with Crippen molar-refractivity contribution in [2.24, 2.45) is 0 Å². The van der Waals surface area contributed by atoms with Gasteiger partial charge in [0.05, 0.1) is 6.10 Å². The van der Waals surface area contributed by atoms with E-state index in [-0.39, 0.29) is 15.6 Å². The molecule has 0 radical (unpaired) electrons. The summed E-state index contributed by atoms with van der Waals surface area (Å²) in [6, 6.07) is 0. The molecule has 0 saturated carbocycles. The molecule has 14 heavy (non-hydrogen) atoms. The minimum Gasteiger partial charge on any atom is -0.391 e. The molecule has 0 unspecified atom stereocenters. The molecule has 0 rings (SSSR count). The minimum atomic E-state index is -0.177. The van der Waals surface area contributed by atoms with Crippen LogP contribution in [0.25, 0.3) is 0 Å². The molecule has 86 valence electrons. The van der Waals surface area contributed by atoms with E-state index in [0.717, 1.165) is 11.5 Å². The summed E-state index contributed by atoms with van der Waals surface area (Å²) in [6.07, 6.45) is -0.177. The summed E-state index contributed by atoms with van der Waals surface area (Å²) in [4.78, 5) is 0. The molecule has 0 aromatic heterocycles. The maximum absolute atomic E-state index is 9.73. The molecule has 0 bridgehead atoms. The van der Waals surface area contributed by atoms with E-state index in [9.17, 15) is 5.11 Å². The van der Waals surface area contributed by atoms with Gasteiger partial charge in [-0.15, -0.1) is 0 Å². The van der Waals surface area contributed by atoms with Crippen LogP contribution in [0, 0.1) is 0 Å². The molecule has 1 N–H and O–H groups in total. The summed E-state index contributed by atoms with van der Waals surface area (Å²) in [5.74, 6) is 1.68. The van der Waals surface area contributed by atoms with Crippen LogP contribution >= 0.6 is 23.5 Å². The molecule has 0 atom stereocenters. The van der Waals surface area contributed by atoms with Gasteiger partial charge in [-0.25, -0.2) is 0 Å². The Balaban J connectivity index is 3.62. The van der Waals surface area contributed by atoms with Crippen molar-refractivity contribution in [3.05, 3.63) is 0 Å². The van der Waals surface area contributed by atoms with E-state index in [2.05, 4.69) is 41.5 Å². The van der Waals surface area contributed by atoms with Gasteiger partial charge >= 0.3 is 0 Å². The van der Waals surface area contributed by atoms with Crippen molar-refractivity contribution in [2.45, 2.75) is 57.1 Å². The quantitative estimate of drug-likeness (QED) is 0.808. The van der Waals surface area contributed by atoms with Crippen molar-refractivity contribution in [3.63, 3.8) is 0 Å². The van der Waals surface area contributed by atoms with E-state index in [1.165, 1.54) is 0 Å². The van der Waals surface area contributed by atoms with Gasteiger partial charge in [0.15, 0.2) is 0 Å². The highest BCUT2D eigenvalue weighted by Gasteiger charge is 2.17. The molecule has 1 nitrogen and oxygen atoms in total. The van der Waals surface area contributed by atoms with E-state index in [4.69, 9.17) is 0 Å². The third-order valence-electron chi connectivity index (χ3n) is 1.42. The fourth-order valence-electron chi connectivity index (χ4n) is 0.740. The standard InChI is InChI=1S/C11H24OS2/c1-10(2,3)13-7-9(12)8-14-11(4,5)6/h9,12H,7-8H2,1-6H3. The molecule has 0 fully saturated rings. The van der Waals surface area contributed by atoms with Gasteiger partial charge < -0.3 is 5.11 Å². The topological polar surface area (TPSA) is 20.2 Å². The lowest BCUT2D eigenvalue weighted by molar-refractivity contribution is 0.224. The lowest BCUT2D eigenvalue weighted by atomic mass is 10.3. The average molecular weight is 236 g/mol. The Morgan fingerprint density at radius 2 is 1.14 bits per heavy atom. The summed E-state index contributed by atoms with van der Waals surface area (Å²) < 4.78 is 0.515. The Kier molecular flexibility index (Phi) is 5.93. The lowest BCUT2D eigenvalue weighted by Gasteiger charge is -2.23. The second-order valence-electron chi connectivity index (χ2n) is 5.50. The second-order valence-corrected chi connectivity index (χ2v) is 9.19. The van der Waals surface area contributed by atoms with Gasteiger partial charge in [0.25, 0.3) is 0 Å². The van der Waals surface area contributed by atoms with E-state index in [0.29, 0.717) is 0 Å². The molecule has 0 spiro atoms. The van der Waals surface area contributed by atoms with Crippen molar-refractivity contribution in [2.75, 3.05) is 11.5 Å². The monoisotopic (exact) mass is 236 g/mol. The number of thioether (sulfide) groups is 2. The van der Waals surface area contributed by atoms with E-state index in [1.54, 1.807) is 0 Å². The van der Waals surface area contributed by atoms with Gasteiger partial charge in [-0.3, -0.25) is 0 Å². The fourth-order valence-corrected chi connectivity index (χ4v) is 2.51. The second kappa shape index (κ2) is 5.66. The predicted octanol–water partition coefficient (Wildman–Crippen LogP) is 3.41. The smallest absolute Gasteiger partial charge is 0.0721 e. The highest BCUT2D eigenvalue weighted by Crippen LogP contribution is 2.27. The SMILES string of the molecule is CC(C)(C)SCC(O)CSC(C)(C)C. The number of hydrogen-bond donors (Lipinski definition) is 1. The van der Waals surface area contributed by atoms with Crippen LogP contribution in [0.1, 0.15) is 41.5 Å². The van der Waals surface area contributed by atoms with Crippen LogP contribution in [0.15, 0.2) is 0 Å². The number of aliphatic hydroxyl groups is 1. The van der Waals surface area contributed by atoms with Gasteiger partial charge in [-0.2, -0.15) is 23.5 Å². The van der Waals surface area contributed by atoms with Crippen molar-refractivity contribution >= 4 is 23.5 Å². The molecule has 0 aliphatic carbocycles. The first kappa shape index (κ1) is 14.7. The van der Waals surface area contributed by atoms with Crippen molar-refractivity contribution in [3.8, 4) is 0 Å². The Morgan fingerprint density at radius 3 is 1.36 bits per heavy atom. The Bertz CT molecular complexity index is 138. The van der Waals surface area contributed by atoms with E-state index in [1.807, 2.05) is 23.5 Å². The normalized spacial score (nSPS) is 13.7. The van der Waals surface area contributed by atoms with Crippen LogP contribution < -0.4 is 0 Å². The Labute approximate surface area is 97.4 Å². The third-order valence-corrected chi connectivity index (χ3v) is 4.25. The van der Waals surface area contributed by atoms with Gasteiger partial charge in [0.2, 0.25) is 0 Å². The molecule has 0 saturated heterocycles. The molecule has 0 aromatic rings. The predicted molar refractivity (Wildman–Crippen MR) is 70.4 cm³/mol. The molecular weight excluding hydrogens is 212 g/mol.